The summed E-state index contributed by atoms with van der Waals surface area (Å²) < 4.78 is 11.3. The summed E-state index contributed by atoms with van der Waals surface area (Å²) in [4.78, 5) is 24.6. The maximum absolute atomic E-state index is 12.4. The predicted molar refractivity (Wildman–Crippen MR) is 112 cm³/mol. The second-order valence-electron chi connectivity index (χ2n) is 5.83. The van der Waals surface area contributed by atoms with E-state index in [1.807, 2.05) is 30.3 Å². The molecule has 0 spiro atoms. The van der Waals surface area contributed by atoms with Crippen LogP contribution in [0, 0.1) is 0 Å². The van der Waals surface area contributed by atoms with Gasteiger partial charge in [-0.1, -0.05) is 30.3 Å². The van der Waals surface area contributed by atoms with Crippen LogP contribution in [0.5, 0.6) is 11.5 Å². The quantitative estimate of drug-likeness (QED) is 0.219. The number of esters is 1. The van der Waals surface area contributed by atoms with Crippen molar-refractivity contribution in [1.82, 2.24) is 0 Å². The fourth-order valence-electron chi connectivity index (χ4n) is 2.54. The van der Waals surface area contributed by atoms with Crippen molar-refractivity contribution in [2.45, 2.75) is 0 Å². The predicted octanol–water partition coefficient (Wildman–Crippen LogP) is 5.57. The first-order valence-corrected chi connectivity index (χ1v) is 9.30. The molecule has 0 saturated heterocycles. The number of hydrogen-bond acceptors (Lipinski definition) is 4. The molecule has 3 aromatic rings. The lowest BCUT2D eigenvalue weighted by Gasteiger charge is -2.06. The number of carbonyl (C=O) groups excluding carboxylic acids is 2. The van der Waals surface area contributed by atoms with Gasteiger partial charge < -0.3 is 9.47 Å². The summed E-state index contributed by atoms with van der Waals surface area (Å²) in [7, 11) is 1.59. The van der Waals surface area contributed by atoms with Crippen LogP contribution in [0.2, 0.25) is 0 Å². The number of halogens is 1. The maximum Gasteiger partial charge on any atom is 0.344 e. The number of hydrogen-bond donors (Lipinski definition) is 0. The molecule has 3 aromatic carbocycles. The third kappa shape index (κ3) is 4.75. The summed E-state index contributed by atoms with van der Waals surface area (Å²) in [5.41, 5.74) is 1.74. The van der Waals surface area contributed by atoms with Gasteiger partial charge in [0, 0.05) is 15.6 Å². The Morgan fingerprint density at radius 3 is 2.29 bits per heavy atom. The highest BCUT2D eigenvalue weighted by Gasteiger charge is 2.12. The van der Waals surface area contributed by atoms with Crippen LogP contribution in [0.4, 0.5) is 0 Å². The van der Waals surface area contributed by atoms with Crippen LogP contribution in [0.25, 0.3) is 6.08 Å². The molecular weight excluding hydrogens is 420 g/mol. The Morgan fingerprint density at radius 1 is 0.893 bits per heavy atom. The summed E-state index contributed by atoms with van der Waals surface area (Å²) in [6.45, 7) is 0. The third-order valence-electron chi connectivity index (χ3n) is 4.00. The number of ketones is 1. The van der Waals surface area contributed by atoms with Crippen LogP contribution in [0.3, 0.4) is 0 Å². The van der Waals surface area contributed by atoms with Crippen molar-refractivity contribution in [3.8, 4) is 11.5 Å². The first-order valence-electron chi connectivity index (χ1n) is 8.50. The van der Waals surface area contributed by atoms with Crippen molar-refractivity contribution >= 4 is 33.8 Å². The highest BCUT2D eigenvalue weighted by molar-refractivity contribution is 9.10. The van der Waals surface area contributed by atoms with Gasteiger partial charge in [-0.15, -0.1) is 0 Å². The summed E-state index contributed by atoms with van der Waals surface area (Å²) in [5, 5.41) is 0. The van der Waals surface area contributed by atoms with Gasteiger partial charge in [0.05, 0.1) is 12.7 Å². The minimum absolute atomic E-state index is 0.158. The highest BCUT2D eigenvalue weighted by Crippen LogP contribution is 2.21. The average Bonchev–Trinajstić information content (AvgIpc) is 2.73. The van der Waals surface area contributed by atoms with Gasteiger partial charge in [-0.2, -0.15) is 0 Å². The van der Waals surface area contributed by atoms with Gasteiger partial charge in [0.15, 0.2) is 5.78 Å². The Hall–Kier alpha value is -3.18. The first kappa shape index (κ1) is 19.6. The lowest BCUT2D eigenvalue weighted by molar-refractivity contribution is 0.0733. The molecule has 0 saturated carbocycles. The second-order valence-corrected chi connectivity index (χ2v) is 6.69. The van der Waals surface area contributed by atoms with Crippen molar-refractivity contribution in [2.75, 3.05) is 7.11 Å². The maximum atomic E-state index is 12.4. The molecule has 0 unspecified atom stereocenters. The van der Waals surface area contributed by atoms with Crippen molar-refractivity contribution in [2.24, 2.45) is 0 Å². The first-order chi connectivity index (χ1) is 13.6. The smallest absolute Gasteiger partial charge is 0.344 e. The van der Waals surface area contributed by atoms with E-state index in [-0.39, 0.29) is 5.78 Å². The molecular formula is C23H17BrO4. The number of allylic oxidation sites excluding steroid dienone is 1. The van der Waals surface area contributed by atoms with E-state index in [0.29, 0.717) is 27.1 Å². The van der Waals surface area contributed by atoms with Crippen molar-refractivity contribution in [3.63, 3.8) is 0 Å². The topological polar surface area (TPSA) is 52.6 Å². The standard InChI is InChI=1S/C23H17BrO4/c1-27-22-9-5-2-6-17(22)12-15-21(25)16-10-13-18(14-11-16)28-23(26)19-7-3-4-8-20(19)24/h2-15H,1H3/b15-12+. The fraction of sp³-hybridized carbons (Fsp3) is 0.0435. The largest absolute Gasteiger partial charge is 0.496 e. The van der Waals surface area contributed by atoms with Gasteiger partial charge in [0.2, 0.25) is 0 Å². The number of benzene rings is 3. The molecule has 0 aliphatic heterocycles. The van der Waals surface area contributed by atoms with E-state index in [1.165, 1.54) is 6.08 Å². The van der Waals surface area contributed by atoms with Crippen LogP contribution in [0.1, 0.15) is 26.3 Å². The fourth-order valence-corrected chi connectivity index (χ4v) is 2.99. The molecule has 3 rings (SSSR count). The van der Waals surface area contributed by atoms with E-state index in [4.69, 9.17) is 9.47 Å². The molecule has 0 aliphatic carbocycles. The molecule has 0 radical (unpaired) electrons. The van der Waals surface area contributed by atoms with Crippen LogP contribution in [-0.2, 0) is 0 Å². The number of carbonyl (C=O) groups is 2. The van der Waals surface area contributed by atoms with Crippen LogP contribution >= 0.6 is 15.9 Å². The SMILES string of the molecule is COc1ccccc1/C=C/C(=O)c1ccc(OC(=O)c2ccccc2Br)cc1. The molecule has 0 amide bonds. The number of methoxy groups -OCH3 is 1. The third-order valence-corrected chi connectivity index (χ3v) is 4.69. The lowest BCUT2D eigenvalue weighted by atomic mass is 10.1. The minimum Gasteiger partial charge on any atom is -0.496 e. The highest BCUT2D eigenvalue weighted by atomic mass is 79.9. The van der Waals surface area contributed by atoms with E-state index in [0.717, 1.165) is 5.56 Å². The molecule has 0 heterocycles. The zero-order chi connectivity index (χ0) is 19.9. The van der Waals surface area contributed by atoms with E-state index in [2.05, 4.69) is 15.9 Å². The molecule has 28 heavy (non-hydrogen) atoms. The van der Waals surface area contributed by atoms with Gasteiger partial charge in [-0.3, -0.25) is 4.79 Å². The molecule has 5 heteroatoms. The summed E-state index contributed by atoms with van der Waals surface area (Å²) >= 11 is 3.33. The van der Waals surface area contributed by atoms with Crippen molar-refractivity contribution < 1.29 is 19.1 Å². The summed E-state index contributed by atoms with van der Waals surface area (Å²) in [6.07, 6.45) is 3.20. The van der Waals surface area contributed by atoms with E-state index >= 15 is 0 Å². The zero-order valence-electron chi connectivity index (χ0n) is 15.1. The van der Waals surface area contributed by atoms with Gasteiger partial charge in [0.1, 0.15) is 11.5 Å². The molecule has 0 atom stereocenters. The molecule has 4 nitrogen and oxygen atoms in total. The van der Waals surface area contributed by atoms with Gasteiger partial charge in [-0.25, -0.2) is 4.79 Å². The average molecular weight is 437 g/mol. The van der Waals surface area contributed by atoms with Gasteiger partial charge in [-0.05, 0) is 70.5 Å². The molecule has 0 N–H and O–H groups in total. The normalized spacial score (nSPS) is 10.6. The number of rotatable bonds is 6. The van der Waals surface area contributed by atoms with E-state index in [9.17, 15) is 9.59 Å². The van der Waals surface area contributed by atoms with E-state index < -0.39 is 5.97 Å². The van der Waals surface area contributed by atoms with Crippen LogP contribution in [-0.4, -0.2) is 18.9 Å². The van der Waals surface area contributed by atoms with Crippen molar-refractivity contribution in [3.05, 3.63) is 100 Å². The second kappa shape index (κ2) is 9.15. The Kier molecular flexibility index (Phi) is 6.40. The van der Waals surface area contributed by atoms with E-state index in [1.54, 1.807) is 55.7 Å². The Labute approximate surface area is 171 Å². The minimum atomic E-state index is -0.470. The zero-order valence-corrected chi connectivity index (χ0v) is 16.7. The van der Waals surface area contributed by atoms with Crippen molar-refractivity contribution in [1.29, 1.82) is 0 Å². The monoisotopic (exact) mass is 436 g/mol. The van der Waals surface area contributed by atoms with Gasteiger partial charge in [0.25, 0.3) is 0 Å². The summed E-state index contributed by atoms with van der Waals surface area (Å²) in [5.74, 6) is 0.434. The van der Waals surface area contributed by atoms with Gasteiger partial charge >= 0.3 is 5.97 Å². The number of ether oxygens (including phenoxy) is 2. The van der Waals surface area contributed by atoms with Crippen LogP contribution < -0.4 is 9.47 Å². The van der Waals surface area contributed by atoms with Crippen LogP contribution in [0.15, 0.2) is 83.3 Å². The molecule has 140 valence electrons. The Bertz CT molecular complexity index is 1020. The summed E-state index contributed by atoms with van der Waals surface area (Å²) in [6, 6.07) is 20.9. The molecule has 0 fully saturated rings. The molecule has 0 aliphatic rings. The lowest BCUT2D eigenvalue weighted by Crippen LogP contribution is -2.09. The molecule has 0 bridgehead atoms. The molecule has 0 aromatic heterocycles. The number of para-hydroxylation sites is 1. The Morgan fingerprint density at radius 2 is 1.57 bits per heavy atom. The Balaban J connectivity index is 1.68.